The molecule has 3 aromatic rings. The molecule has 0 aliphatic carbocycles. The third kappa shape index (κ3) is 5.68. The first-order valence-electron chi connectivity index (χ1n) is 11.7. The minimum atomic E-state index is -0.0903. The first-order chi connectivity index (χ1) is 16.3. The van der Waals surface area contributed by atoms with Gasteiger partial charge in [-0.2, -0.15) is 5.10 Å². The van der Waals surface area contributed by atoms with Crippen LogP contribution in [0, 0.1) is 5.92 Å². The SMILES string of the molecule is O=C(CC1C(c2ccccc2)=NN(c2ccccc2)C1c1ccccc1)NCCCCCO. The number of hydrogen-bond acceptors (Lipinski definition) is 4. The molecule has 3 aromatic carbocycles. The summed E-state index contributed by atoms with van der Waals surface area (Å²) >= 11 is 0. The third-order valence-corrected chi connectivity index (χ3v) is 6.01. The van der Waals surface area contributed by atoms with Crippen LogP contribution in [0.1, 0.15) is 42.9 Å². The quantitative estimate of drug-likeness (QED) is 0.438. The first-order valence-corrected chi connectivity index (χ1v) is 11.7. The Balaban J connectivity index is 1.65. The molecule has 33 heavy (non-hydrogen) atoms. The van der Waals surface area contributed by atoms with E-state index in [-0.39, 0.29) is 24.5 Å². The maximum Gasteiger partial charge on any atom is 0.220 e. The number of carbonyl (C=O) groups excluding carboxylic acids is 1. The van der Waals surface area contributed by atoms with E-state index < -0.39 is 0 Å². The van der Waals surface area contributed by atoms with Crippen LogP contribution < -0.4 is 10.3 Å². The van der Waals surface area contributed by atoms with Gasteiger partial charge in [0, 0.05) is 25.5 Å². The van der Waals surface area contributed by atoms with Crippen molar-refractivity contribution >= 4 is 17.3 Å². The highest BCUT2D eigenvalue weighted by molar-refractivity contribution is 6.06. The second-order valence-corrected chi connectivity index (χ2v) is 8.33. The van der Waals surface area contributed by atoms with Gasteiger partial charge >= 0.3 is 0 Å². The number of aliphatic hydroxyl groups excluding tert-OH is 1. The van der Waals surface area contributed by atoms with Gasteiger partial charge < -0.3 is 10.4 Å². The van der Waals surface area contributed by atoms with Crippen molar-refractivity contribution in [1.29, 1.82) is 0 Å². The minimum Gasteiger partial charge on any atom is -0.396 e. The molecule has 0 fully saturated rings. The highest BCUT2D eigenvalue weighted by atomic mass is 16.2. The fraction of sp³-hybridized carbons (Fsp3) is 0.286. The summed E-state index contributed by atoms with van der Waals surface area (Å²) in [6, 6.07) is 30.5. The fourth-order valence-corrected chi connectivity index (χ4v) is 4.40. The summed E-state index contributed by atoms with van der Waals surface area (Å²) in [7, 11) is 0. The zero-order valence-corrected chi connectivity index (χ0v) is 18.8. The van der Waals surface area contributed by atoms with E-state index in [2.05, 4.69) is 46.7 Å². The largest absolute Gasteiger partial charge is 0.396 e. The highest BCUT2D eigenvalue weighted by Gasteiger charge is 2.40. The molecule has 0 saturated heterocycles. The molecular formula is C28H31N3O2. The molecule has 2 unspecified atom stereocenters. The number of nitrogens with one attached hydrogen (secondary N) is 1. The van der Waals surface area contributed by atoms with Crippen molar-refractivity contribution in [2.45, 2.75) is 31.7 Å². The van der Waals surface area contributed by atoms with Crippen molar-refractivity contribution in [3.05, 3.63) is 102 Å². The Morgan fingerprint density at radius 3 is 2.15 bits per heavy atom. The predicted octanol–water partition coefficient (Wildman–Crippen LogP) is 4.94. The van der Waals surface area contributed by atoms with E-state index in [1.54, 1.807) is 0 Å². The van der Waals surface area contributed by atoms with Crippen LogP contribution in [0.5, 0.6) is 0 Å². The fourth-order valence-electron chi connectivity index (χ4n) is 4.40. The van der Waals surface area contributed by atoms with Gasteiger partial charge in [0.15, 0.2) is 0 Å². The topological polar surface area (TPSA) is 64.9 Å². The highest BCUT2D eigenvalue weighted by Crippen LogP contribution is 2.42. The molecule has 5 heteroatoms. The van der Waals surface area contributed by atoms with Crippen LogP contribution in [0.25, 0.3) is 0 Å². The van der Waals surface area contributed by atoms with E-state index in [4.69, 9.17) is 10.2 Å². The lowest BCUT2D eigenvalue weighted by atomic mass is 9.84. The van der Waals surface area contributed by atoms with Gasteiger partial charge in [-0.15, -0.1) is 0 Å². The number of anilines is 1. The molecular weight excluding hydrogens is 410 g/mol. The Hall–Kier alpha value is -3.44. The Labute approximate surface area is 195 Å². The molecule has 1 amide bonds. The van der Waals surface area contributed by atoms with E-state index in [1.165, 1.54) is 0 Å². The van der Waals surface area contributed by atoms with E-state index in [1.807, 2.05) is 54.6 Å². The van der Waals surface area contributed by atoms with Crippen molar-refractivity contribution in [3.8, 4) is 0 Å². The first kappa shape index (κ1) is 22.7. The predicted molar refractivity (Wildman–Crippen MR) is 133 cm³/mol. The maximum atomic E-state index is 13.0. The lowest BCUT2D eigenvalue weighted by Crippen LogP contribution is -2.32. The molecule has 1 heterocycles. The van der Waals surface area contributed by atoms with Crippen molar-refractivity contribution < 1.29 is 9.90 Å². The maximum absolute atomic E-state index is 13.0. The molecule has 4 rings (SSSR count). The molecule has 0 spiro atoms. The van der Waals surface area contributed by atoms with Gasteiger partial charge in [0.2, 0.25) is 5.91 Å². The summed E-state index contributed by atoms with van der Waals surface area (Å²) < 4.78 is 0. The number of carbonyl (C=O) groups is 1. The zero-order valence-electron chi connectivity index (χ0n) is 18.8. The van der Waals surface area contributed by atoms with Gasteiger partial charge in [0.1, 0.15) is 0 Å². The lowest BCUT2D eigenvalue weighted by molar-refractivity contribution is -0.121. The number of amides is 1. The molecule has 5 nitrogen and oxygen atoms in total. The van der Waals surface area contributed by atoms with Crippen molar-refractivity contribution in [2.75, 3.05) is 18.2 Å². The monoisotopic (exact) mass is 441 g/mol. The number of unbranched alkanes of at least 4 members (excludes halogenated alkanes) is 2. The number of para-hydroxylation sites is 1. The Kier molecular flexibility index (Phi) is 7.88. The second kappa shape index (κ2) is 11.4. The number of hydrogen-bond donors (Lipinski definition) is 2. The van der Waals surface area contributed by atoms with Crippen LogP contribution in [0.3, 0.4) is 0 Å². The zero-order chi connectivity index (χ0) is 22.9. The summed E-state index contributed by atoms with van der Waals surface area (Å²) in [4.78, 5) is 13.0. The number of hydrazone groups is 1. The molecule has 0 radical (unpaired) electrons. The van der Waals surface area contributed by atoms with Gasteiger partial charge in [0.05, 0.1) is 17.4 Å². The van der Waals surface area contributed by atoms with Crippen LogP contribution in [-0.2, 0) is 4.79 Å². The number of rotatable bonds is 10. The van der Waals surface area contributed by atoms with Crippen LogP contribution in [0.15, 0.2) is 96.1 Å². The molecule has 2 N–H and O–H groups in total. The standard InChI is InChI=1S/C28H31N3O2/c32-20-12-4-11-19-29-26(33)21-25-27(22-13-5-1-6-14-22)30-31(24-17-9-3-10-18-24)28(25)23-15-7-2-8-16-23/h1-3,5-10,13-18,25,28,32H,4,11-12,19-21H2,(H,29,33). The summed E-state index contributed by atoms with van der Waals surface area (Å²) in [5, 5.41) is 19.2. The summed E-state index contributed by atoms with van der Waals surface area (Å²) in [6.45, 7) is 0.822. The van der Waals surface area contributed by atoms with E-state index in [0.29, 0.717) is 13.0 Å². The average molecular weight is 442 g/mol. The molecule has 0 bridgehead atoms. The van der Waals surface area contributed by atoms with Crippen LogP contribution >= 0.6 is 0 Å². The van der Waals surface area contributed by atoms with Gasteiger partial charge in [-0.05, 0) is 42.5 Å². The normalized spacial score (nSPS) is 17.6. The van der Waals surface area contributed by atoms with E-state index >= 15 is 0 Å². The van der Waals surface area contributed by atoms with Crippen molar-refractivity contribution in [2.24, 2.45) is 11.0 Å². The number of nitrogens with zero attached hydrogens (tertiary/aromatic N) is 2. The minimum absolute atomic E-state index is 0.0310. The van der Waals surface area contributed by atoms with Gasteiger partial charge in [0.25, 0.3) is 0 Å². The van der Waals surface area contributed by atoms with Crippen LogP contribution in [0.2, 0.25) is 0 Å². The van der Waals surface area contributed by atoms with Crippen LogP contribution in [-0.4, -0.2) is 29.9 Å². The van der Waals surface area contributed by atoms with Gasteiger partial charge in [-0.25, -0.2) is 0 Å². The third-order valence-electron chi connectivity index (χ3n) is 6.01. The molecule has 2 atom stereocenters. The van der Waals surface area contributed by atoms with Crippen molar-refractivity contribution in [3.63, 3.8) is 0 Å². The average Bonchev–Trinajstić information content (AvgIpc) is 3.24. The molecule has 1 aliphatic heterocycles. The van der Waals surface area contributed by atoms with E-state index in [0.717, 1.165) is 41.8 Å². The van der Waals surface area contributed by atoms with Crippen LogP contribution in [0.4, 0.5) is 5.69 Å². The Bertz CT molecular complexity index is 1040. The summed E-state index contributed by atoms with van der Waals surface area (Å²) in [6.07, 6.45) is 2.91. The van der Waals surface area contributed by atoms with E-state index in [9.17, 15) is 4.79 Å². The van der Waals surface area contributed by atoms with Gasteiger partial charge in [-0.1, -0.05) is 78.9 Å². The lowest BCUT2D eigenvalue weighted by Gasteiger charge is -2.28. The number of aliphatic hydroxyl groups is 1. The summed E-state index contributed by atoms with van der Waals surface area (Å²) in [5.41, 5.74) is 4.12. The summed E-state index contributed by atoms with van der Waals surface area (Å²) in [5.74, 6) is -0.0593. The second-order valence-electron chi connectivity index (χ2n) is 8.33. The number of benzene rings is 3. The van der Waals surface area contributed by atoms with Gasteiger partial charge in [-0.3, -0.25) is 9.80 Å². The smallest absolute Gasteiger partial charge is 0.220 e. The molecule has 1 aliphatic rings. The Morgan fingerprint density at radius 2 is 1.48 bits per heavy atom. The molecule has 0 saturated carbocycles. The molecule has 170 valence electrons. The Morgan fingerprint density at radius 1 is 0.848 bits per heavy atom. The molecule has 0 aromatic heterocycles. The van der Waals surface area contributed by atoms with Crippen molar-refractivity contribution in [1.82, 2.24) is 5.32 Å².